The van der Waals surface area contributed by atoms with E-state index in [4.69, 9.17) is 15.6 Å². The van der Waals surface area contributed by atoms with Gasteiger partial charge in [0.05, 0.1) is 12.2 Å². The highest BCUT2D eigenvalue weighted by Gasteiger charge is 2.30. The Morgan fingerprint density at radius 1 is 1.18 bits per heavy atom. The van der Waals surface area contributed by atoms with E-state index in [0.717, 1.165) is 26.0 Å². The van der Waals surface area contributed by atoms with Crippen LogP contribution in [0.5, 0.6) is 0 Å². The number of aliphatic hydroxyl groups excluding tert-OH is 1. The smallest absolute Gasteiger partial charge is 0.0593 e. The topological polar surface area (TPSA) is 55.5 Å². The molecular formula is C14H31NO2. The van der Waals surface area contributed by atoms with Crippen LogP contribution in [-0.4, -0.2) is 31.0 Å². The van der Waals surface area contributed by atoms with E-state index >= 15 is 0 Å². The van der Waals surface area contributed by atoms with Gasteiger partial charge in [-0.25, -0.2) is 0 Å². The van der Waals surface area contributed by atoms with Crippen molar-refractivity contribution in [2.75, 3.05) is 13.7 Å². The number of rotatable bonds is 1. The molecule has 0 aromatic rings. The summed E-state index contributed by atoms with van der Waals surface area (Å²) < 4.78 is 5.68. The number of nitrogens with two attached hydrogens (primary N) is 1. The summed E-state index contributed by atoms with van der Waals surface area (Å²) in [7, 11) is 1.00. The third kappa shape index (κ3) is 9.17. The van der Waals surface area contributed by atoms with Crippen LogP contribution >= 0.6 is 0 Å². The van der Waals surface area contributed by atoms with Gasteiger partial charge in [0, 0.05) is 7.11 Å². The Balaban J connectivity index is -0.000000285. The molecule has 0 amide bonds. The number of hydrogen-bond acceptors (Lipinski definition) is 3. The molecule has 3 N–H and O–H groups in total. The van der Waals surface area contributed by atoms with E-state index in [9.17, 15) is 0 Å². The Labute approximate surface area is 108 Å². The van der Waals surface area contributed by atoms with E-state index in [2.05, 4.69) is 33.6 Å². The Morgan fingerprint density at radius 2 is 1.59 bits per heavy atom. The van der Waals surface area contributed by atoms with E-state index in [0.29, 0.717) is 18.1 Å². The van der Waals surface area contributed by atoms with Crippen LogP contribution in [0, 0.1) is 24.7 Å². The summed E-state index contributed by atoms with van der Waals surface area (Å²) in [5.74, 6) is 1.28. The van der Waals surface area contributed by atoms with Crippen LogP contribution in [-0.2, 0) is 4.74 Å². The Morgan fingerprint density at radius 3 is 1.88 bits per heavy atom. The van der Waals surface area contributed by atoms with Gasteiger partial charge in [-0.3, -0.25) is 0 Å². The largest absolute Gasteiger partial charge is 0.400 e. The minimum Gasteiger partial charge on any atom is -0.400 e. The maximum Gasteiger partial charge on any atom is 0.0593 e. The highest BCUT2D eigenvalue weighted by Crippen LogP contribution is 2.29. The molecule has 1 heterocycles. The van der Waals surface area contributed by atoms with Gasteiger partial charge in [-0.05, 0) is 38.6 Å². The lowest BCUT2D eigenvalue weighted by Gasteiger charge is -2.37. The zero-order valence-electron chi connectivity index (χ0n) is 12.3. The molecule has 1 aliphatic heterocycles. The van der Waals surface area contributed by atoms with E-state index in [1.807, 2.05) is 13.8 Å². The first kappa shape index (κ1) is 21.7. The monoisotopic (exact) mass is 245 g/mol. The van der Waals surface area contributed by atoms with E-state index < -0.39 is 0 Å². The molecule has 0 aromatic heterocycles. The summed E-state index contributed by atoms with van der Waals surface area (Å²) in [6, 6.07) is 0. The summed E-state index contributed by atoms with van der Waals surface area (Å²) in [6.07, 6.45) is 9.92. The fraction of sp³-hybridized carbons (Fsp3) is 0.857. The molecule has 0 spiro atoms. The van der Waals surface area contributed by atoms with Gasteiger partial charge in [0.25, 0.3) is 0 Å². The third-order valence-corrected chi connectivity index (χ3v) is 2.76. The highest BCUT2D eigenvalue weighted by molar-refractivity contribution is 4.80. The molecule has 1 rings (SSSR count). The lowest BCUT2D eigenvalue weighted by atomic mass is 9.83. The fourth-order valence-electron chi connectivity index (χ4n) is 2.11. The van der Waals surface area contributed by atoms with Crippen molar-refractivity contribution >= 4 is 0 Å². The number of ether oxygens (including phenoxy) is 1. The van der Waals surface area contributed by atoms with E-state index in [-0.39, 0.29) is 0 Å². The second-order valence-electron chi connectivity index (χ2n) is 3.76. The first-order chi connectivity index (χ1) is 8.15. The Hall–Kier alpha value is -0.560. The molecule has 4 atom stereocenters. The number of aliphatic hydroxyl groups is 1. The summed E-state index contributed by atoms with van der Waals surface area (Å²) in [6.45, 7) is 11.3. The van der Waals surface area contributed by atoms with Crippen molar-refractivity contribution in [2.24, 2.45) is 17.6 Å². The van der Waals surface area contributed by atoms with Crippen molar-refractivity contribution in [3.8, 4) is 12.8 Å². The van der Waals surface area contributed by atoms with Crippen molar-refractivity contribution in [2.45, 2.75) is 53.2 Å². The molecule has 1 saturated heterocycles. The zero-order chi connectivity index (χ0) is 14.4. The molecule has 3 heteroatoms. The molecule has 1 fully saturated rings. The van der Waals surface area contributed by atoms with Crippen LogP contribution in [0.1, 0.15) is 41.0 Å². The second-order valence-corrected chi connectivity index (χ2v) is 3.76. The van der Waals surface area contributed by atoms with Crippen molar-refractivity contribution in [1.82, 2.24) is 0 Å². The van der Waals surface area contributed by atoms with Crippen LogP contribution in [0.4, 0.5) is 0 Å². The molecule has 0 aliphatic carbocycles. The van der Waals surface area contributed by atoms with E-state index in [1.54, 1.807) is 0 Å². The molecule has 0 bridgehead atoms. The molecule has 0 aromatic carbocycles. The lowest BCUT2D eigenvalue weighted by molar-refractivity contribution is -0.0854. The summed E-state index contributed by atoms with van der Waals surface area (Å²) in [5.41, 5.74) is 5.65. The quantitative estimate of drug-likeness (QED) is 0.697. The summed E-state index contributed by atoms with van der Waals surface area (Å²) in [5, 5.41) is 7.00. The van der Waals surface area contributed by atoms with Crippen LogP contribution < -0.4 is 5.73 Å². The maximum atomic E-state index is 7.00. The average Bonchev–Trinajstić information content (AvgIpc) is 2.36. The fourth-order valence-corrected chi connectivity index (χ4v) is 2.11. The van der Waals surface area contributed by atoms with Gasteiger partial charge in [0.1, 0.15) is 0 Å². The molecular weight excluding hydrogens is 214 g/mol. The number of hydrogen-bond donors (Lipinski definition) is 2. The third-order valence-electron chi connectivity index (χ3n) is 2.76. The Kier molecular flexibility index (Phi) is 19.7. The second kappa shape index (κ2) is 15.4. The first-order valence-electron chi connectivity index (χ1n) is 6.28. The van der Waals surface area contributed by atoms with Crippen LogP contribution in [0.2, 0.25) is 0 Å². The van der Waals surface area contributed by atoms with Gasteiger partial charge in [-0.1, -0.05) is 20.8 Å². The van der Waals surface area contributed by atoms with E-state index in [1.165, 1.54) is 0 Å². The van der Waals surface area contributed by atoms with Crippen molar-refractivity contribution in [3.05, 3.63) is 0 Å². The van der Waals surface area contributed by atoms with Crippen molar-refractivity contribution in [1.29, 1.82) is 0 Å². The zero-order valence-corrected chi connectivity index (χ0v) is 12.3. The SMILES string of the molecule is C#C.CC.CC1C[C@H](C)O[C@@H](C)C1CN.CO. The number of terminal acetylenes is 1. The first-order valence-corrected chi connectivity index (χ1v) is 6.28. The molecule has 3 nitrogen and oxygen atoms in total. The predicted octanol–water partition coefficient (Wildman–Crippen LogP) is 2.28. The minimum absolute atomic E-state index is 0.346. The normalized spacial score (nSPS) is 30.5. The van der Waals surface area contributed by atoms with Gasteiger partial charge in [-0.15, -0.1) is 12.8 Å². The molecule has 0 saturated carbocycles. The molecule has 17 heavy (non-hydrogen) atoms. The van der Waals surface area contributed by atoms with Crippen LogP contribution in [0.3, 0.4) is 0 Å². The lowest BCUT2D eigenvalue weighted by Crippen LogP contribution is -2.41. The van der Waals surface area contributed by atoms with Gasteiger partial charge >= 0.3 is 0 Å². The summed E-state index contributed by atoms with van der Waals surface area (Å²) >= 11 is 0. The molecule has 104 valence electrons. The highest BCUT2D eigenvalue weighted by atomic mass is 16.5. The predicted molar refractivity (Wildman–Crippen MR) is 75.7 cm³/mol. The average molecular weight is 245 g/mol. The van der Waals surface area contributed by atoms with Gasteiger partial charge < -0.3 is 15.6 Å². The standard InChI is InChI=1S/C9H19NO.C2H6.C2H2.CH4O/c1-6-4-7(2)11-8(3)9(6)5-10;3*1-2/h6-9H,4-5,10H2,1-3H3;1-2H3;1-2H;2H,1H3/t6?,7-,8-,9?;;;/m0.../s1. The minimum atomic E-state index is 0.346. The van der Waals surface area contributed by atoms with Crippen LogP contribution in [0.25, 0.3) is 0 Å². The van der Waals surface area contributed by atoms with Crippen LogP contribution in [0.15, 0.2) is 0 Å². The summed E-state index contributed by atoms with van der Waals surface area (Å²) in [4.78, 5) is 0. The van der Waals surface area contributed by atoms with Crippen molar-refractivity contribution < 1.29 is 9.84 Å². The van der Waals surface area contributed by atoms with Gasteiger partial charge in [0.15, 0.2) is 0 Å². The maximum absolute atomic E-state index is 7.00. The molecule has 0 radical (unpaired) electrons. The molecule has 2 unspecified atom stereocenters. The van der Waals surface area contributed by atoms with Crippen molar-refractivity contribution in [3.63, 3.8) is 0 Å². The molecule has 1 aliphatic rings. The van der Waals surface area contributed by atoms with Gasteiger partial charge in [0.2, 0.25) is 0 Å². The van der Waals surface area contributed by atoms with Gasteiger partial charge in [-0.2, -0.15) is 0 Å². The Bertz CT molecular complexity index is 148.